The van der Waals surface area contributed by atoms with Gasteiger partial charge in [0.1, 0.15) is 11.6 Å². The molecule has 6 nitrogen and oxygen atoms in total. The van der Waals surface area contributed by atoms with E-state index in [1.807, 2.05) is 13.8 Å². The first kappa shape index (κ1) is 19.8. The smallest absolute Gasteiger partial charge is 0.338 e. The molecule has 2 aromatic rings. The minimum absolute atomic E-state index is 0.0145. The van der Waals surface area contributed by atoms with E-state index in [1.54, 1.807) is 36.1 Å². The quantitative estimate of drug-likeness (QED) is 0.807. The lowest BCUT2D eigenvalue weighted by molar-refractivity contribution is -0.117. The molecule has 1 N–H and O–H groups in total. The summed E-state index contributed by atoms with van der Waals surface area (Å²) in [6.45, 7) is 7.58. The highest BCUT2D eigenvalue weighted by molar-refractivity contribution is 5.96. The maximum absolute atomic E-state index is 13.2. The van der Waals surface area contributed by atoms with Crippen molar-refractivity contribution in [2.24, 2.45) is 5.92 Å². The molecule has 0 spiro atoms. The lowest BCUT2D eigenvalue weighted by Crippen LogP contribution is -2.48. The monoisotopic (exact) mass is 385 g/mol. The molecule has 7 heteroatoms. The van der Waals surface area contributed by atoms with Crippen LogP contribution in [0.2, 0.25) is 0 Å². The Bertz CT molecular complexity index is 885. The van der Waals surface area contributed by atoms with Crippen molar-refractivity contribution in [1.29, 1.82) is 0 Å². The molecule has 1 aliphatic heterocycles. The van der Waals surface area contributed by atoms with E-state index < -0.39 is 11.8 Å². The number of pyridine rings is 1. The minimum Gasteiger partial charge on any atom is -0.462 e. The molecule has 28 heavy (non-hydrogen) atoms. The highest BCUT2D eigenvalue weighted by atomic mass is 19.1. The number of amides is 1. The van der Waals surface area contributed by atoms with E-state index in [-0.39, 0.29) is 30.5 Å². The molecule has 148 valence electrons. The van der Waals surface area contributed by atoms with E-state index in [0.717, 1.165) is 17.4 Å². The second kappa shape index (κ2) is 7.96. The number of ether oxygens (including phenoxy) is 1. The molecule has 1 aromatic carbocycles. The number of fused-ring (bicyclic) bond motifs is 1. The third kappa shape index (κ3) is 3.69. The summed E-state index contributed by atoms with van der Waals surface area (Å²) in [6, 6.07) is 7.82. The van der Waals surface area contributed by atoms with E-state index in [0.29, 0.717) is 11.4 Å². The summed E-state index contributed by atoms with van der Waals surface area (Å²) in [6.07, 6.45) is 1.15. The first-order chi connectivity index (χ1) is 13.3. The maximum atomic E-state index is 13.2. The summed E-state index contributed by atoms with van der Waals surface area (Å²) < 4.78 is 18.3. The largest absolute Gasteiger partial charge is 0.462 e. The normalized spacial score (nSPS) is 21.0. The van der Waals surface area contributed by atoms with Crippen LogP contribution < -0.4 is 10.2 Å². The van der Waals surface area contributed by atoms with E-state index in [1.165, 1.54) is 13.0 Å². The van der Waals surface area contributed by atoms with Gasteiger partial charge in [-0.05, 0) is 49.7 Å². The van der Waals surface area contributed by atoms with Gasteiger partial charge in [0.2, 0.25) is 5.91 Å². The molecular formula is C21H24FN3O3. The number of hydrogen-bond acceptors (Lipinski definition) is 5. The Hall–Kier alpha value is -2.96. The van der Waals surface area contributed by atoms with Crippen molar-refractivity contribution in [1.82, 2.24) is 4.98 Å². The summed E-state index contributed by atoms with van der Waals surface area (Å²) in [4.78, 5) is 30.3. The van der Waals surface area contributed by atoms with Gasteiger partial charge in [0.15, 0.2) is 0 Å². The van der Waals surface area contributed by atoms with Gasteiger partial charge in [-0.25, -0.2) is 14.2 Å². The summed E-state index contributed by atoms with van der Waals surface area (Å²) in [5.41, 5.74) is 1.97. The van der Waals surface area contributed by atoms with Crippen molar-refractivity contribution in [2.75, 3.05) is 16.8 Å². The second-order valence-electron chi connectivity index (χ2n) is 6.97. The number of benzene rings is 1. The average Bonchev–Trinajstić information content (AvgIpc) is 2.66. The molecule has 0 unspecified atom stereocenters. The third-order valence-corrected chi connectivity index (χ3v) is 5.20. The Morgan fingerprint density at radius 2 is 2.00 bits per heavy atom. The van der Waals surface area contributed by atoms with Crippen LogP contribution in [-0.4, -0.2) is 29.5 Å². The van der Waals surface area contributed by atoms with Gasteiger partial charge in [-0.3, -0.25) is 4.79 Å². The standard InChI is InChI=1S/C21H24FN3O3/c1-5-28-21(27)15-6-8-18-17(10-15)20(12(2)13(3)25(18)14(4)26)24-19-9-7-16(22)11-23-19/h6-13,20H,5H2,1-4H3,(H,23,24)/t12-,13-,20+/m0/s1. The average molecular weight is 385 g/mol. The van der Waals surface area contributed by atoms with Gasteiger partial charge in [0.05, 0.1) is 24.4 Å². The van der Waals surface area contributed by atoms with Gasteiger partial charge in [0, 0.05) is 24.6 Å². The van der Waals surface area contributed by atoms with Crippen LogP contribution in [0.15, 0.2) is 36.5 Å². The van der Waals surface area contributed by atoms with E-state index in [9.17, 15) is 14.0 Å². The molecule has 0 saturated carbocycles. The molecule has 0 radical (unpaired) electrons. The van der Waals surface area contributed by atoms with Crippen LogP contribution in [0.1, 0.15) is 49.7 Å². The summed E-state index contributed by atoms with van der Waals surface area (Å²) >= 11 is 0. The molecule has 0 fully saturated rings. The van der Waals surface area contributed by atoms with Crippen molar-refractivity contribution in [2.45, 2.75) is 39.8 Å². The SMILES string of the molecule is CCOC(=O)c1ccc2c(c1)[C@H](Nc1ccc(F)cn1)[C@@H](C)[C@H](C)N2C(C)=O. The third-order valence-electron chi connectivity index (χ3n) is 5.20. The fourth-order valence-electron chi connectivity index (χ4n) is 3.67. The van der Waals surface area contributed by atoms with Crippen LogP contribution in [0.4, 0.5) is 15.9 Å². The molecule has 1 aliphatic rings. The van der Waals surface area contributed by atoms with E-state index in [4.69, 9.17) is 4.74 Å². The number of esters is 1. The number of hydrogen-bond donors (Lipinski definition) is 1. The maximum Gasteiger partial charge on any atom is 0.338 e. The van der Waals surface area contributed by atoms with E-state index >= 15 is 0 Å². The molecule has 1 aromatic heterocycles. The minimum atomic E-state index is -0.414. The van der Waals surface area contributed by atoms with Crippen molar-refractivity contribution in [3.63, 3.8) is 0 Å². The topological polar surface area (TPSA) is 71.5 Å². The van der Waals surface area contributed by atoms with Crippen LogP contribution >= 0.6 is 0 Å². The highest BCUT2D eigenvalue weighted by Crippen LogP contribution is 2.42. The first-order valence-electron chi connectivity index (χ1n) is 9.32. The predicted molar refractivity (Wildman–Crippen MR) is 105 cm³/mol. The van der Waals surface area contributed by atoms with Gasteiger partial charge in [-0.15, -0.1) is 0 Å². The molecule has 3 atom stereocenters. The Balaban J connectivity index is 2.07. The summed E-state index contributed by atoms with van der Waals surface area (Å²) in [5.74, 6) is -0.356. The van der Waals surface area contributed by atoms with Crippen molar-refractivity contribution in [3.8, 4) is 0 Å². The number of carbonyl (C=O) groups excluding carboxylic acids is 2. The van der Waals surface area contributed by atoms with Crippen LogP contribution in [-0.2, 0) is 9.53 Å². The number of nitrogens with one attached hydrogen (secondary N) is 1. The number of rotatable bonds is 4. The van der Waals surface area contributed by atoms with Crippen LogP contribution in [0.5, 0.6) is 0 Å². The van der Waals surface area contributed by atoms with Crippen molar-refractivity contribution < 1.29 is 18.7 Å². The molecule has 0 bridgehead atoms. The number of aromatic nitrogens is 1. The van der Waals surface area contributed by atoms with Gasteiger partial charge in [0.25, 0.3) is 0 Å². The lowest BCUT2D eigenvalue weighted by Gasteiger charge is -2.44. The zero-order valence-corrected chi connectivity index (χ0v) is 16.4. The van der Waals surface area contributed by atoms with Gasteiger partial charge >= 0.3 is 5.97 Å². The summed E-state index contributed by atoms with van der Waals surface area (Å²) in [7, 11) is 0. The molecular weight excluding hydrogens is 361 g/mol. The molecule has 3 rings (SSSR count). The second-order valence-corrected chi connectivity index (χ2v) is 6.97. The fraction of sp³-hybridized carbons (Fsp3) is 0.381. The van der Waals surface area contributed by atoms with Crippen molar-refractivity contribution >= 4 is 23.4 Å². The summed E-state index contributed by atoms with van der Waals surface area (Å²) in [5, 5.41) is 3.33. The van der Waals surface area contributed by atoms with Crippen LogP contribution in [0.3, 0.4) is 0 Å². The molecule has 0 saturated heterocycles. The van der Waals surface area contributed by atoms with Crippen LogP contribution in [0.25, 0.3) is 0 Å². The zero-order chi connectivity index (χ0) is 20.4. The number of carbonyl (C=O) groups is 2. The molecule has 0 aliphatic carbocycles. The Morgan fingerprint density at radius 3 is 2.61 bits per heavy atom. The fourth-order valence-corrected chi connectivity index (χ4v) is 3.67. The zero-order valence-electron chi connectivity index (χ0n) is 16.4. The van der Waals surface area contributed by atoms with Gasteiger partial charge < -0.3 is 15.0 Å². The lowest BCUT2D eigenvalue weighted by atomic mass is 9.82. The predicted octanol–water partition coefficient (Wildman–Crippen LogP) is 3.94. The highest BCUT2D eigenvalue weighted by Gasteiger charge is 2.38. The first-order valence-corrected chi connectivity index (χ1v) is 9.32. The number of halogens is 1. The number of nitrogens with zero attached hydrogens (tertiary/aromatic N) is 2. The van der Waals surface area contributed by atoms with Gasteiger partial charge in [-0.2, -0.15) is 0 Å². The Labute approximate surface area is 163 Å². The van der Waals surface area contributed by atoms with Gasteiger partial charge in [-0.1, -0.05) is 6.92 Å². The van der Waals surface area contributed by atoms with Crippen LogP contribution in [0, 0.1) is 11.7 Å². The van der Waals surface area contributed by atoms with Crippen molar-refractivity contribution in [3.05, 3.63) is 53.5 Å². The molecule has 1 amide bonds. The number of anilines is 2. The van der Waals surface area contributed by atoms with E-state index in [2.05, 4.69) is 10.3 Å². The Morgan fingerprint density at radius 1 is 1.25 bits per heavy atom. The Kier molecular flexibility index (Phi) is 5.63. The molecule has 2 heterocycles.